The summed E-state index contributed by atoms with van der Waals surface area (Å²) >= 11 is 20.2. The fourth-order valence-corrected chi connectivity index (χ4v) is 5.56. The Morgan fingerprint density at radius 1 is 1.14 bits per heavy atom. The lowest BCUT2D eigenvalue weighted by Gasteiger charge is -2.27. The van der Waals surface area contributed by atoms with Gasteiger partial charge in [0.15, 0.2) is 0 Å². The topological polar surface area (TPSA) is 47.9 Å². The van der Waals surface area contributed by atoms with E-state index in [0.29, 0.717) is 25.8 Å². The highest BCUT2D eigenvalue weighted by Crippen LogP contribution is 2.44. The number of hydrogen-bond donors (Lipinski definition) is 1. The van der Waals surface area contributed by atoms with E-state index < -0.39 is 0 Å². The van der Waals surface area contributed by atoms with Crippen LogP contribution in [0.1, 0.15) is 37.1 Å². The van der Waals surface area contributed by atoms with Crippen LogP contribution in [0.4, 0.5) is 5.69 Å². The third-order valence-corrected chi connectivity index (χ3v) is 7.11. The smallest absolute Gasteiger partial charge is 0.282 e. The lowest BCUT2D eigenvalue weighted by molar-refractivity contribution is -0.120. The molecule has 1 saturated heterocycles. The van der Waals surface area contributed by atoms with Crippen molar-refractivity contribution in [1.82, 2.24) is 10.4 Å². The molecule has 0 aliphatic carbocycles. The third-order valence-electron chi connectivity index (χ3n) is 5.27. The highest BCUT2D eigenvalue weighted by molar-refractivity contribution is 7.16. The molecule has 5 nitrogen and oxygen atoms in total. The Bertz CT molecular complexity index is 942. The Morgan fingerprint density at radius 3 is 2.55 bits per heavy atom. The fraction of sp³-hybridized carbons (Fsp3) is 0.400. The molecule has 2 atom stereocenters. The van der Waals surface area contributed by atoms with Crippen LogP contribution < -0.4 is 10.4 Å². The molecule has 1 N–H and O–H groups in total. The van der Waals surface area contributed by atoms with Crippen molar-refractivity contribution in [3.63, 3.8) is 0 Å². The number of piperidine rings is 1. The molecule has 0 spiro atoms. The van der Waals surface area contributed by atoms with E-state index in [2.05, 4.69) is 5.43 Å². The van der Waals surface area contributed by atoms with Crippen LogP contribution in [0.25, 0.3) is 0 Å². The lowest BCUT2D eigenvalue weighted by Crippen LogP contribution is -2.48. The molecule has 0 unspecified atom stereocenters. The lowest BCUT2D eigenvalue weighted by atomic mass is 9.95. The molecule has 2 aliphatic rings. The predicted octanol–water partition coefficient (Wildman–Crippen LogP) is 5.78. The number of nitrogens with zero attached hydrogens (tertiary/aromatic N) is 3. The maximum Gasteiger partial charge on any atom is 0.282 e. The number of carbonyl (C=O) groups excluding carboxylic acids is 1. The van der Waals surface area contributed by atoms with E-state index in [1.165, 1.54) is 17.8 Å². The zero-order valence-electron chi connectivity index (χ0n) is 15.9. The van der Waals surface area contributed by atoms with Crippen molar-refractivity contribution in [3.8, 4) is 0 Å². The van der Waals surface area contributed by atoms with Gasteiger partial charge in [-0.1, -0.05) is 48.1 Å². The van der Waals surface area contributed by atoms with Crippen LogP contribution in [0.2, 0.25) is 14.4 Å². The molecule has 29 heavy (non-hydrogen) atoms. The number of hydrogen-bond acceptors (Lipinski definition) is 5. The van der Waals surface area contributed by atoms with Crippen molar-refractivity contribution < 1.29 is 4.79 Å². The van der Waals surface area contributed by atoms with E-state index in [9.17, 15) is 4.79 Å². The van der Waals surface area contributed by atoms with Gasteiger partial charge in [0, 0.05) is 28.9 Å². The molecule has 1 amide bonds. The van der Waals surface area contributed by atoms with Gasteiger partial charge in [0.1, 0.15) is 5.71 Å². The summed E-state index contributed by atoms with van der Waals surface area (Å²) in [7, 11) is 0. The Balaban J connectivity index is 1.67. The van der Waals surface area contributed by atoms with Gasteiger partial charge in [0.2, 0.25) is 0 Å². The summed E-state index contributed by atoms with van der Waals surface area (Å²) in [6, 6.07) is 8.95. The number of thiophene rings is 1. The maximum atomic E-state index is 13.0. The normalized spacial score (nSPS) is 22.6. The van der Waals surface area contributed by atoms with E-state index >= 15 is 0 Å². The highest BCUT2D eigenvalue weighted by Gasteiger charge is 2.41. The average molecular weight is 472 g/mol. The van der Waals surface area contributed by atoms with Crippen LogP contribution in [0.15, 0.2) is 35.4 Å². The molecule has 3 heterocycles. The Morgan fingerprint density at radius 2 is 1.90 bits per heavy atom. The first-order chi connectivity index (χ1) is 13.9. The predicted molar refractivity (Wildman–Crippen MR) is 121 cm³/mol. The molecule has 9 heteroatoms. The molecule has 2 aromatic rings. The molecule has 2 aliphatic heterocycles. The van der Waals surface area contributed by atoms with Gasteiger partial charge in [-0.3, -0.25) is 15.2 Å². The summed E-state index contributed by atoms with van der Waals surface area (Å²) in [6.07, 6.45) is 3.38. The minimum absolute atomic E-state index is 0.138. The van der Waals surface area contributed by atoms with Crippen molar-refractivity contribution in [2.24, 2.45) is 11.0 Å². The van der Waals surface area contributed by atoms with E-state index in [-0.39, 0.29) is 17.9 Å². The van der Waals surface area contributed by atoms with E-state index in [4.69, 9.17) is 39.9 Å². The van der Waals surface area contributed by atoms with Gasteiger partial charge in [0.05, 0.1) is 21.1 Å². The van der Waals surface area contributed by atoms with Gasteiger partial charge in [-0.05, 0) is 43.2 Å². The van der Waals surface area contributed by atoms with Gasteiger partial charge in [-0.25, -0.2) is 5.01 Å². The van der Waals surface area contributed by atoms with Crippen LogP contribution in [0, 0.1) is 5.92 Å². The second kappa shape index (κ2) is 8.82. The van der Waals surface area contributed by atoms with E-state index in [0.717, 1.165) is 30.8 Å². The van der Waals surface area contributed by atoms with Crippen molar-refractivity contribution in [1.29, 1.82) is 0 Å². The van der Waals surface area contributed by atoms with Gasteiger partial charge in [-0.2, -0.15) is 5.10 Å². The largest absolute Gasteiger partial charge is 0.284 e. The Hall–Kier alpha value is -1.31. The second-order valence-electron chi connectivity index (χ2n) is 7.29. The number of benzene rings is 1. The monoisotopic (exact) mass is 470 g/mol. The molecule has 4 rings (SSSR count). The van der Waals surface area contributed by atoms with Gasteiger partial charge in [-0.15, -0.1) is 11.3 Å². The average Bonchev–Trinajstić information content (AvgIpc) is 3.25. The quantitative estimate of drug-likeness (QED) is 0.615. The number of anilines is 1. The zero-order valence-corrected chi connectivity index (χ0v) is 19.0. The van der Waals surface area contributed by atoms with Gasteiger partial charge >= 0.3 is 0 Å². The summed E-state index contributed by atoms with van der Waals surface area (Å²) in [5.74, 6) is -0.305. The maximum absolute atomic E-state index is 13.0. The molecule has 0 bridgehead atoms. The number of nitrogens with one attached hydrogen (secondary N) is 1. The van der Waals surface area contributed by atoms with Crippen LogP contribution in [-0.2, 0) is 4.79 Å². The van der Waals surface area contributed by atoms with Crippen molar-refractivity contribution in [3.05, 3.63) is 49.6 Å². The third kappa shape index (κ3) is 4.42. The molecule has 1 fully saturated rings. The minimum Gasteiger partial charge on any atom is -0.284 e. The van der Waals surface area contributed by atoms with Crippen molar-refractivity contribution >= 4 is 63.4 Å². The highest BCUT2D eigenvalue weighted by atomic mass is 35.5. The zero-order chi connectivity index (χ0) is 20.5. The number of carbonyl (C=O) groups is 1. The molecular formula is C20H21Cl3N4OS. The molecule has 1 aromatic carbocycles. The summed E-state index contributed by atoms with van der Waals surface area (Å²) in [4.78, 5) is 14.1. The second-order valence-corrected chi connectivity index (χ2v) is 9.88. The minimum atomic E-state index is -0.173. The van der Waals surface area contributed by atoms with Crippen molar-refractivity contribution in [2.75, 3.05) is 18.1 Å². The SMILES string of the molecule is C[C@@H]1C(C(=O)NN2CCCCC2)=NN(c2ccc(Cl)cc2Cl)[C@H]1c1ccc(Cl)s1. The summed E-state index contributed by atoms with van der Waals surface area (Å²) in [6.45, 7) is 3.74. The van der Waals surface area contributed by atoms with Gasteiger partial charge < -0.3 is 0 Å². The molecule has 0 saturated carbocycles. The fourth-order valence-electron chi connectivity index (χ4n) is 3.81. The van der Waals surface area contributed by atoms with Gasteiger partial charge in [0.25, 0.3) is 5.91 Å². The van der Waals surface area contributed by atoms with Crippen LogP contribution in [-0.4, -0.2) is 29.7 Å². The first-order valence-electron chi connectivity index (χ1n) is 9.58. The number of rotatable bonds is 4. The van der Waals surface area contributed by atoms with Crippen LogP contribution in [0.5, 0.6) is 0 Å². The summed E-state index contributed by atoms with van der Waals surface area (Å²) < 4.78 is 0.695. The van der Waals surface area contributed by atoms with Crippen LogP contribution >= 0.6 is 46.1 Å². The van der Waals surface area contributed by atoms with Crippen LogP contribution in [0.3, 0.4) is 0 Å². The van der Waals surface area contributed by atoms with E-state index in [1.807, 2.05) is 35.1 Å². The molecule has 0 radical (unpaired) electrons. The first-order valence-corrected chi connectivity index (χ1v) is 11.5. The molecule has 154 valence electrons. The number of halogens is 3. The van der Waals surface area contributed by atoms with Crippen molar-refractivity contribution in [2.45, 2.75) is 32.2 Å². The number of hydrazine groups is 1. The summed E-state index contributed by atoms with van der Waals surface area (Å²) in [5.41, 5.74) is 4.21. The Kier molecular flexibility index (Phi) is 6.37. The Labute approximate surface area is 189 Å². The number of hydrazone groups is 1. The number of amides is 1. The molecular weight excluding hydrogens is 451 g/mol. The first kappa shape index (κ1) is 20.9. The summed E-state index contributed by atoms with van der Waals surface area (Å²) in [5, 5.41) is 9.54. The molecule has 1 aromatic heterocycles. The van der Waals surface area contributed by atoms with E-state index in [1.54, 1.807) is 12.1 Å². The standard InChI is InChI=1S/C20H21Cl3N4OS/c1-12-18(20(28)25-26-9-3-2-4-10-26)24-27(15-6-5-13(21)11-14(15)22)19(12)16-7-8-17(23)29-16/h5-8,11-12,19H,2-4,9-10H2,1H3,(H,25,28)/t12-,19-/m1/s1.